The highest BCUT2D eigenvalue weighted by Crippen LogP contribution is 2.22. The van der Waals surface area contributed by atoms with E-state index in [1.807, 2.05) is 0 Å². The van der Waals surface area contributed by atoms with E-state index in [9.17, 15) is 0 Å². The maximum Gasteiger partial charge on any atom is 0.0398 e. The van der Waals surface area contributed by atoms with Gasteiger partial charge in [-0.3, -0.25) is 0 Å². The van der Waals surface area contributed by atoms with Crippen LogP contribution in [0, 0.1) is 6.92 Å². The molecule has 0 aromatic heterocycles. The summed E-state index contributed by atoms with van der Waals surface area (Å²) < 4.78 is 1.14. The summed E-state index contributed by atoms with van der Waals surface area (Å²) in [6, 6.07) is 6.94. The van der Waals surface area contributed by atoms with Gasteiger partial charge in [-0.2, -0.15) is 0 Å². The van der Waals surface area contributed by atoms with E-state index in [1.54, 1.807) is 0 Å². The van der Waals surface area contributed by atoms with Crippen molar-refractivity contribution in [3.05, 3.63) is 28.2 Å². The van der Waals surface area contributed by atoms with Crippen LogP contribution >= 0.6 is 15.9 Å². The highest BCUT2D eigenvalue weighted by Gasteiger charge is 2.14. The van der Waals surface area contributed by atoms with Crippen LogP contribution in [0.4, 0.5) is 5.69 Å². The molecule has 0 aliphatic carbocycles. The molecule has 0 amide bonds. The second kappa shape index (κ2) is 4.32. The molecule has 1 fully saturated rings. The lowest BCUT2D eigenvalue weighted by Crippen LogP contribution is -2.22. The molecule has 1 aliphatic heterocycles. The van der Waals surface area contributed by atoms with Gasteiger partial charge >= 0.3 is 0 Å². The van der Waals surface area contributed by atoms with Gasteiger partial charge in [-0.1, -0.05) is 22.0 Å². The summed E-state index contributed by atoms with van der Waals surface area (Å²) in [5.74, 6) is 0. The Morgan fingerprint density at radius 2 is 2.36 bits per heavy atom. The standard InChI is InChI=1S/C11H15BrN2/c1-8-2-3-9(12)6-11(8)14-10-4-5-13-7-10/h2-3,6,10,13-14H,4-5,7H2,1H3. The van der Waals surface area contributed by atoms with Gasteiger partial charge < -0.3 is 10.6 Å². The first-order valence-electron chi connectivity index (χ1n) is 4.99. The minimum atomic E-state index is 0.586. The zero-order chi connectivity index (χ0) is 9.97. The first-order chi connectivity index (χ1) is 6.75. The summed E-state index contributed by atoms with van der Waals surface area (Å²) in [7, 11) is 0. The topological polar surface area (TPSA) is 24.1 Å². The van der Waals surface area contributed by atoms with Gasteiger partial charge in [0.05, 0.1) is 0 Å². The predicted molar refractivity (Wildman–Crippen MR) is 63.8 cm³/mol. The fourth-order valence-corrected chi connectivity index (χ4v) is 2.11. The first kappa shape index (κ1) is 9.99. The highest BCUT2D eigenvalue weighted by atomic mass is 79.9. The lowest BCUT2D eigenvalue weighted by Gasteiger charge is -2.15. The van der Waals surface area contributed by atoms with Crippen molar-refractivity contribution in [1.29, 1.82) is 0 Å². The van der Waals surface area contributed by atoms with Crippen molar-refractivity contribution < 1.29 is 0 Å². The number of hydrogen-bond acceptors (Lipinski definition) is 2. The summed E-state index contributed by atoms with van der Waals surface area (Å²) in [6.45, 7) is 4.34. The molecule has 2 nitrogen and oxygen atoms in total. The predicted octanol–water partition coefficient (Wildman–Crippen LogP) is 2.53. The molecule has 14 heavy (non-hydrogen) atoms. The molecule has 1 aromatic rings. The van der Waals surface area contributed by atoms with E-state index in [2.05, 4.69) is 51.7 Å². The third kappa shape index (κ3) is 2.28. The maximum absolute atomic E-state index is 3.56. The van der Waals surface area contributed by atoms with Crippen molar-refractivity contribution in [3.8, 4) is 0 Å². The van der Waals surface area contributed by atoms with Crippen LogP contribution in [-0.2, 0) is 0 Å². The van der Waals surface area contributed by atoms with Gasteiger partial charge in [-0.15, -0.1) is 0 Å². The Morgan fingerprint density at radius 1 is 1.50 bits per heavy atom. The van der Waals surface area contributed by atoms with E-state index >= 15 is 0 Å². The summed E-state index contributed by atoms with van der Waals surface area (Å²) in [4.78, 5) is 0. The number of benzene rings is 1. The molecule has 3 heteroatoms. The average Bonchev–Trinajstić information content (AvgIpc) is 2.64. The molecule has 1 atom stereocenters. The van der Waals surface area contributed by atoms with Crippen molar-refractivity contribution >= 4 is 21.6 Å². The normalized spacial score (nSPS) is 21.1. The van der Waals surface area contributed by atoms with Crippen LogP contribution in [0.5, 0.6) is 0 Å². The summed E-state index contributed by atoms with van der Waals surface area (Å²) in [5.41, 5.74) is 2.55. The minimum Gasteiger partial charge on any atom is -0.381 e. The molecule has 76 valence electrons. The van der Waals surface area contributed by atoms with E-state index < -0.39 is 0 Å². The van der Waals surface area contributed by atoms with E-state index in [4.69, 9.17) is 0 Å². The van der Waals surface area contributed by atoms with Crippen LogP contribution in [0.1, 0.15) is 12.0 Å². The van der Waals surface area contributed by atoms with Crippen LogP contribution in [0.15, 0.2) is 22.7 Å². The second-order valence-corrected chi connectivity index (χ2v) is 4.71. The Balaban J connectivity index is 2.10. The number of rotatable bonds is 2. The van der Waals surface area contributed by atoms with E-state index in [-0.39, 0.29) is 0 Å². The first-order valence-corrected chi connectivity index (χ1v) is 5.78. The van der Waals surface area contributed by atoms with E-state index in [0.29, 0.717) is 6.04 Å². The fraction of sp³-hybridized carbons (Fsp3) is 0.455. The Hall–Kier alpha value is -0.540. The summed E-state index contributed by atoms with van der Waals surface area (Å²) >= 11 is 3.49. The lowest BCUT2D eigenvalue weighted by molar-refractivity contribution is 0.792. The van der Waals surface area contributed by atoms with Crippen molar-refractivity contribution in [3.63, 3.8) is 0 Å². The molecule has 0 radical (unpaired) electrons. The van der Waals surface area contributed by atoms with Crippen LogP contribution < -0.4 is 10.6 Å². The third-order valence-electron chi connectivity index (χ3n) is 2.62. The van der Waals surface area contributed by atoms with Gasteiger partial charge in [-0.05, 0) is 37.6 Å². The third-order valence-corrected chi connectivity index (χ3v) is 3.11. The largest absolute Gasteiger partial charge is 0.381 e. The van der Waals surface area contributed by atoms with Crippen LogP contribution in [0.3, 0.4) is 0 Å². The number of aryl methyl sites for hydroxylation is 1. The molecule has 2 N–H and O–H groups in total. The molecule has 0 saturated carbocycles. The van der Waals surface area contributed by atoms with Gasteiger partial charge in [0, 0.05) is 22.7 Å². The van der Waals surface area contributed by atoms with Crippen LogP contribution in [0.25, 0.3) is 0 Å². The van der Waals surface area contributed by atoms with Crippen LogP contribution in [0.2, 0.25) is 0 Å². The Morgan fingerprint density at radius 3 is 3.07 bits per heavy atom. The number of halogens is 1. The number of hydrogen-bond donors (Lipinski definition) is 2. The second-order valence-electron chi connectivity index (χ2n) is 3.79. The van der Waals surface area contributed by atoms with Crippen molar-refractivity contribution in [2.45, 2.75) is 19.4 Å². The minimum absolute atomic E-state index is 0.586. The smallest absolute Gasteiger partial charge is 0.0398 e. The zero-order valence-corrected chi connectivity index (χ0v) is 9.89. The van der Waals surface area contributed by atoms with Crippen molar-refractivity contribution in [2.24, 2.45) is 0 Å². The molecule has 1 unspecified atom stereocenters. The average molecular weight is 255 g/mol. The van der Waals surface area contributed by atoms with E-state index in [0.717, 1.165) is 17.6 Å². The Kier molecular flexibility index (Phi) is 3.08. The fourth-order valence-electron chi connectivity index (χ4n) is 1.75. The molecular formula is C11H15BrN2. The van der Waals surface area contributed by atoms with Gasteiger partial charge in [0.15, 0.2) is 0 Å². The summed E-state index contributed by atoms with van der Waals surface area (Å²) in [5, 5.41) is 6.91. The SMILES string of the molecule is Cc1ccc(Br)cc1NC1CCNC1. The highest BCUT2D eigenvalue weighted by molar-refractivity contribution is 9.10. The zero-order valence-electron chi connectivity index (χ0n) is 8.31. The molecular weight excluding hydrogens is 240 g/mol. The molecule has 1 aromatic carbocycles. The molecule has 0 bridgehead atoms. The Labute approximate surface area is 93.2 Å². The van der Waals surface area contributed by atoms with Gasteiger partial charge in [0.1, 0.15) is 0 Å². The van der Waals surface area contributed by atoms with Gasteiger partial charge in [-0.25, -0.2) is 0 Å². The molecule has 1 heterocycles. The van der Waals surface area contributed by atoms with Gasteiger partial charge in [0.2, 0.25) is 0 Å². The van der Waals surface area contributed by atoms with Crippen LogP contribution in [-0.4, -0.2) is 19.1 Å². The number of nitrogens with one attached hydrogen (secondary N) is 2. The molecule has 1 aliphatic rings. The quantitative estimate of drug-likeness (QED) is 0.848. The molecule has 2 rings (SSSR count). The lowest BCUT2D eigenvalue weighted by atomic mass is 10.1. The van der Waals surface area contributed by atoms with Gasteiger partial charge in [0.25, 0.3) is 0 Å². The maximum atomic E-state index is 3.56. The Bertz CT molecular complexity index is 319. The monoisotopic (exact) mass is 254 g/mol. The summed E-state index contributed by atoms with van der Waals surface area (Å²) in [6.07, 6.45) is 1.21. The number of anilines is 1. The molecule has 1 saturated heterocycles. The van der Waals surface area contributed by atoms with Crippen molar-refractivity contribution in [1.82, 2.24) is 5.32 Å². The van der Waals surface area contributed by atoms with E-state index in [1.165, 1.54) is 17.7 Å². The van der Waals surface area contributed by atoms with Crippen molar-refractivity contribution in [2.75, 3.05) is 18.4 Å². The molecule has 0 spiro atoms.